The van der Waals surface area contributed by atoms with Crippen molar-refractivity contribution in [2.75, 3.05) is 27.2 Å². The van der Waals surface area contributed by atoms with Crippen molar-refractivity contribution >= 4 is 11.6 Å². The maximum absolute atomic E-state index is 12.9. The number of hydrogen-bond donors (Lipinski definition) is 0. The lowest BCUT2D eigenvalue weighted by Crippen LogP contribution is -2.37. The highest BCUT2D eigenvalue weighted by Crippen LogP contribution is 2.09. The summed E-state index contributed by atoms with van der Waals surface area (Å²) in [5.41, 5.74) is 1.86. The second-order valence-corrected chi connectivity index (χ2v) is 7.11. The Balaban J connectivity index is 1.70. The Bertz CT molecular complexity index is 1070. The molecule has 0 N–H and O–H groups in total. The number of nitrogens with zero attached hydrogens (tertiary/aromatic N) is 6. The fourth-order valence-corrected chi connectivity index (χ4v) is 2.99. The van der Waals surface area contributed by atoms with Gasteiger partial charge in [0.25, 0.3) is 0 Å². The largest absolute Gasteiger partial charge is 0.350 e. The standard InChI is InChI=1S/C21H24N6O2/c1-24(2)13-14-25(16-18-8-6-17(15-22)7-9-18)20(28)10-12-27-21(29)26-11-4-3-5-19(26)23-27/h3-9,11H,10,12-14,16H2,1-2H3. The first-order valence-electron chi connectivity index (χ1n) is 9.43. The van der Waals surface area contributed by atoms with Gasteiger partial charge >= 0.3 is 5.69 Å². The Morgan fingerprint density at radius 3 is 2.55 bits per heavy atom. The highest BCUT2D eigenvalue weighted by atomic mass is 16.2. The van der Waals surface area contributed by atoms with Crippen molar-refractivity contribution < 1.29 is 4.79 Å². The van der Waals surface area contributed by atoms with Crippen LogP contribution in [0.4, 0.5) is 0 Å². The second-order valence-electron chi connectivity index (χ2n) is 7.11. The number of carbonyl (C=O) groups is 1. The van der Waals surface area contributed by atoms with Gasteiger partial charge in [-0.15, -0.1) is 5.10 Å². The van der Waals surface area contributed by atoms with E-state index in [1.807, 2.05) is 37.2 Å². The van der Waals surface area contributed by atoms with E-state index in [0.29, 0.717) is 24.3 Å². The third-order valence-corrected chi connectivity index (χ3v) is 4.65. The SMILES string of the molecule is CN(C)CCN(Cc1ccc(C#N)cc1)C(=O)CCn1nc2ccccn2c1=O. The number of carbonyl (C=O) groups excluding carboxylic acids is 1. The molecule has 0 fully saturated rings. The first-order valence-corrected chi connectivity index (χ1v) is 9.43. The molecule has 0 atom stereocenters. The molecule has 0 aliphatic carbocycles. The van der Waals surface area contributed by atoms with Crippen LogP contribution in [0.3, 0.4) is 0 Å². The maximum atomic E-state index is 12.9. The fourth-order valence-electron chi connectivity index (χ4n) is 2.99. The van der Waals surface area contributed by atoms with E-state index in [4.69, 9.17) is 5.26 Å². The minimum Gasteiger partial charge on any atom is -0.337 e. The molecule has 150 valence electrons. The molecule has 0 saturated heterocycles. The van der Waals surface area contributed by atoms with Crippen LogP contribution >= 0.6 is 0 Å². The van der Waals surface area contributed by atoms with E-state index in [2.05, 4.69) is 11.2 Å². The molecule has 0 spiro atoms. The molecule has 2 aromatic heterocycles. The lowest BCUT2D eigenvalue weighted by atomic mass is 10.1. The van der Waals surface area contributed by atoms with E-state index in [0.717, 1.165) is 12.1 Å². The predicted molar refractivity (Wildman–Crippen MR) is 109 cm³/mol. The van der Waals surface area contributed by atoms with Gasteiger partial charge in [0.1, 0.15) is 0 Å². The first-order chi connectivity index (χ1) is 14.0. The van der Waals surface area contributed by atoms with Gasteiger partial charge in [-0.05, 0) is 43.9 Å². The quantitative estimate of drug-likeness (QED) is 0.578. The zero-order valence-corrected chi connectivity index (χ0v) is 16.7. The third kappa shape index (κ3) is 5.09. The molecule has 0 unspecified atom stereocenters. The molecule has 8 nitrogen and oxygen atoms in total. The van der Waals surface area contributed by atoms with Crippen LogP contribution in [0.25, 0.3) is 5.65 Å². The summed E-state index contributed by atoms with van der Waals surface area (Å²) >= 11 is 0. The topological polar surface area (TPSA) is 86.6 Å². The van der Waals surface area contributed by atoms with Gasteiger partial charge < -0.3 is 9.80 Å². The number of benzene rings is 1. The highest BCUT2D eigenvalue weighted by molar-refractivity contribution is 5.76. The number of amides is 1. The van der Waals surface area contributed by atoms with Gasteiger partial charge in [-0.25, -0.2) is 9.48 Å². The molecule has 0 radical (unpaired) electrons. The van der Waals surface area contributed by atoms with Gasteiger partial charge in [-0.3, -0.25) is 9.20 Å². The third-order valence-electron chi connectivity index (χ3n) is 4.65. The number of rotatable bonds is 8. The van der Waals surface area contributed by atoms with Gasteiger partial charge in [0.2, 0.25) is 5.91 Å². The molecule has 1 amide bonds. The van der Waals surface area contributed by atoms with Crippen LogP contribution in [0.15, 0.2) is 53.5 Å². The summed E-state index contributed by atoms with van der Waals surface area (Å²) < 4.78 is 2.80. The summed E-state index contributed by atoms with van der Waals surface area (Å²) in [4.78, 5) is 29.1. The van der Waals surface area contributed by atoms with Crippen molar-refractivity contribution in [2.24, 2.45) is 0 Å². The van der Waals surface area contributed by atoms with Crippen LogP contribution < -0.4 is 5.69 Å². The lowest BCUT2D eigenvalue weighted by Gasteiger charge is -2.24. The molecule has 0 bridgehead atoms. The maximum Gasteiger partial charge on any atom is 0.350 e. The van der Waals surface area contributed by atoms with E-state index in [9.17, 15) is 9.59 Å². The molecule has 3 aromatic rings. The van der Waals surface area contributed by atoms with Gasteiger partial charge in [-0.1, -0.05) is 18.2 Å². The van der Waals surface area contributed by atoms with Crippen molar-refractivity contribution in [3.63, 3.8) is 0 Å². The summed E-state index contributed by atoms with van der Waals surface area (Å²) in [7, 11) is 3.92. The van der Waals surface area contributed by atoms with Crippen LogP contribution in [0.2, 0.25) is 0 Å². The zero-order chi connectivity index (χ0) is 20.8. The summed E-state index contributed by atoms with van der Waals surface area (Å²) in [6.07, 6.45) is 1.85. The van der Waals surface area contributed by atoms with Crippen LogP contribution in [0.5, 0.6) is 0 Å². The minimum absolute atomic E-state index is 0.0415. The molecule has 3 rings (SSSR count). The average molecular weight is 392 g/mol. The van der Waals surface area contributed by atoms with E-state index in [1.165, 1.54) is 9.08 Å². The van der Waals surface area contributed by atoms with E-state index >= 15 is 0 Å². The number of nitriles is 1. The Labute approximate surface area is 169 Å². The minimum atomic E-state index is -0.250. The molecule has 8 heteroatoms. The van der Waals surface area contributed by atoms with Crippen molar-refractivity contribution in [1.82, 2.24) is 24.0 Å². The summed E-state index contributed by atoms with van der Waals surface area (Å²) in [6, 6.07) is 14.7. The van der Waals surface area contributed by atoms with Crippen LogP contribution in [0.1, 0.15) is 17.5 Å². The summed E-state index contributed by atoms with van der Waals surface area (Å²) in [5.74, 6) is -0.0415. The average Bonchev–Trinajstić information content (AvgIpc) is 3.05. The number of likely N-dealkylation sites (N-methyl/N-ethyl adjacent to an activating group) is 1. The zero-order valence-electron chi connectivity index (χ0n) is 16.7. The van der Waals surface area contributed by atoms with Crippen molar-refractivity contribution in [2.45, 2.75) is 19.5 Å². The Morgan fingerprint density at radius 1 is 1.14 bits per heavy atom. The molecule has 0 aliphatic rings. The Morgan fingerprint density at radius 2 is 1.90 bits per heavy atom. The molecular formula is C21H24N6O2. The second kappa shape index (κ2) is 9.17. The molecule has 1 aromatic carbocycles. The molecule has 2 heterocycles. The molecule has 0 aliphatic heterocycles. The van der Waals surface area contributed by atoms with Crippen molar-refractivity contribution in [3.05, 3.63) is 70.3 Å². The van der Waals surface area contributed by atoms with Crippen molar-refractivity contribution in [3.8, 4) is 6.07 Å². The van der Waals surface area contributed by atoms with Crippen LogP contribution in [0, 0.1) is 11.3 Å². The van der Waals surface area contributed by atoms with Gasteiger partial charge in [0, 0.05) is 32.3 Å². The van der Waals surface area contributed by atoms with Crippen LogP contribution in [-0.2, 0) is 17.9 Å². The first kappa shape index (κ1) is 20.3. The van der Waals surface area contributed by atoms with E-state index in [-0.39, 0.29) is 24.6 Å². The van der Waals surface area contributed by atoms with Gasteiger partial charge in [0.15, 0.2) is 5.65 Å². The number of aryl methyl sites for hydroxylation is 1. The molecular weight excluding hydrogens is 368 g/mol. The molecule has 29 heavy (non-hydrogen) atoms. The van der Waals surface area contributed by atoms with E-state index < -0.39 is 0 Å². The normalized spacial score (nSPS) is 11.0. The number of fused-ring (bicyclic) bond motifs is 1. The summed E-state index contributed by atoms with van der Waals surface area (Å²) in [5, 5.41) is 13.2. The number of pyridine rings is 1. The highest BCUT2D eigenvalue weighted by Gasteiger charge is 2.16. The Kier molecular flexibility index (Phi) is 6.42. The predicted octanol–water partition coefficient (Wildman–Crippen LogP) is 1.35. The van der Waals surface area contributed by atoms with Crippen molar-refractivity contribution in [1.29, 1.82) is 5.26 Å². The van der Waals surface area contributed by atoms with Gasteiger partial charge in [-0.2, -0.15) is 5.26 Å². The number of hydrogen-bond acceptors (Lipinski definition) is 5. The number of aromatic nitrogens is 3. The lowest BCUT2D eigenvalue weighted by molar-refractivity contribution is -0.132. The fraction of sp³-hybridized carbons (Fsp3) is 0.333. The smallest absolute Gasteiger partial charge is 0.337 e. The van der Waals surface area contributed by atoms with Gasteiger partial charge in [0.05, 0.1) is 18.2 Å². The monoisotopic (exact) mass is 392 g/mol. The summed E-state index contributed by atoms with van der Waals surface area (Å²) in [6.45, 7) is 1.99. The van der Waals surface area contributed by atoms with E-state index in [1.54, 1.807) is 35.4 Å². The van der Waals surface area contributed by atoms with Crippen LogP contribution in [-0.4, -0.2) is 57.1 Å². The molecule has 0 saturated carbocycles. The Hall–Kier alpha value is -3.44.